The van der Waals surface area contributed by atoms with Crippen molar-refractivity contribution >= 4 is 76.8 Å². The summed E-state index contributed by atoms with van der Waals surface area (Å²) in [6, 6.07) is 40.5. The molecule has 0 unspecified atom stereocenters. The van der Waals surface area contributed by atoms with Crippen LogP contribution in [0.5, 0.6) is 23.0 Å². The van der Waals surface area contributed by atoms with Gasteiger partial charge in [-0.3, -0.25) is 0 Å². The van der Waals surface area contributed by atoms with Crippen LogP contribution < -0.4 is 16.5 Å². The van der Waals surface area contributed by atoms with Crippen LogP contribution >= 0.6 is 0 Å². The third-order valence-corrected chi connectivity index (χ3v) is 16.6. The Kier molecular flexibility index (Phi) is 11.2. The maximum absolute atomic E-state index is 6.88. The molecule has 8 aromatic rings. The molecule has 11 heteroatoms. The molecule has 8 rings (SSSR count). The van der Waals surface area contributed by atoms with Gasteiger partial charge in [0.15, 0.2) is 0 Å². The second-order valence-electron chi connectivity index (χ2n) is 13.8. The number of ether oxygens (including phenoxy) is 3. The fraction of sp³-hybridized carbons (Fsp3) is 0.182. The summed E-state index contributed by atoms with van der Waals surface area (Å²) >= 11 is -5.75. The van der Waals surface area contributed by atoms with E-state index in [-0.39, 0.29) is 0 Å². The quantitative estimate of drug-likeness (QED) is 0.0995. The number of aromatic nitrogens is 4. The Labute approximate surface area is 331 Å². The molecule has 9 nitrogen and oxygen atoms in total. The first-order chi connectivity index (χ1) is 26.9. The zero-order chi connectivity index (χ0) is 37.7. The van der Waals surface area contributed by atoms with Gasteiger partial charge >= 0.3 is 333 Å². The molecule has 0 bridgehead atoms. The molecule has 0 spiro atoms. The summed E-state index contributed by atoms with van der Waals surface area (Å²) in [5.74, 6) is 2.97. The van der Waals surface area contributed by atoms with Gasteiger partial charge in [-0.2, -0.15) is 0 Å². The monoisotopic (exact) mass is 842 g/mol. The zero-order valence-corrected chi connectivity index (χ0v) is 36.2. The minimum absolute atomic E-state index is 0.409. The van der Waals surface area contributed by atoms with Gasteiger partial charge in [0.05, 0.1) is 0 Å². The van der Waals surface area contributed by atoms with Gasteiger partial charge in [0.1, 0.15) is 0 Å². The van der Waals surface area contributed by atoms with Gasteiger partial charge < -0.3 is 0 Å². The SMILES string of the molecule is Cc1ccc2cccc(O[CH2][Ga]([CH2]O[CH2][Ga]([CH2]Oc3cccc4ccc(C)nc34)[O]c3cccc4ccc(C)nc34)[O]c3cccc4ccc(C)nc34)c2n1. The average molecular weight is 844 g/mol. The van der Waals surface area contributed by atoms with E-state index in [1.807, 2.05) is 113 Å². The van der Waals surface area contributed by atoms with Crippen molar-refractivity contribution in [3.63, 3.8) is 0 Å². The van der Waals surface area contributed by atoms with Gasteiger partial charge in [-0.1, -0.05) is 0 Å². The fourth-order valence-electron chi connectivity index (χ4n) is 6.58. The molecule has 4 aromatic heterocycles. The average Bonchev–Trinajstić information content (AvgIpc) is 3.19. The number of pyridine rings is 4. The summed E-state index contributed by atoms with van der Waals surface area (Å²) in [5.41, 5.74) is 7.08. The van der Waals surface area contributed by atoms with E-state index in [1.54, 1.807) is 0 Å². The summed E-state index contributed by atoms with van der Waals surface area (Å²) in [6.07, 6.45) is 0. The number of benzene rings is 4. The van der Waals surface area contributed by atoms with Crippen molar-refractivity contribution in [2.75, 3.05) is 20.6 Å². The van der Waals surface area contributed by atoms with Crippen LogP contribution in [0, 0.1) is 27.7 Å². The molecule has 0 saturated carbocycles. The van der Waals surface area contributed by atoms with Gasteiger partial charge in [-0.05, 0) is 0 Å². The molecule has 0 amide bonds. The molecule has 0 fully saturated rings. The van der Waals surface area contributed by atoms with E-state index in [2.05, 4.69) is 36.4 Å². The summed E-state index contributed by atoms with van der Waals surface area (Å²) in [6.45, 7) is 7.97. The maximum atomic E-state index is 6.88. The fourth-order valence-corrected chi connectivity index (χ4v) is 14.3. The number of aryl methyl sites for hydroxylation is 4. The Morgan fingerprint density at radius 1 is 0.364 bits per heavy atom. The van der Waals surface area contributed by atoms with E-state index < -0.39 is 33.2 Å². The van der Waals surface area contributed by atoms with Crippen LogP contribution in [0.15, 0.2) is 121 Å². The second-order valence-corrected chi connectivity index (χ2v) is 22.8. The number of fused-ring (bicyclic) bond motifs is 4. The van der Waals surface area contributed by atoms with E-state index >= 15 is 0 Å². The van der Waals surface area contributed by atoms with E-state index in [9.17, 15) is 0 Å². The number of nitrogens with zero attached hydrogens (tertiary/aromatic N) is 4. The number of hydrogen-bond donors (Lipinski definition) is 0. The molecule has 4 heterocycles. The van der Waals surface area contributed by atoms with Crippen LogP contribution in [-0.2, 0) is 4.74 Å². The van der Waals surface area contributed by atoms with E-state index in [0.717, 1.165) is 89.4 Å². The molecule has 55 heavy (non-hydrogen) atoms. The van der Waals surface area contributed by atoms with E-state index in [1.165, 1.54) is 0 Å². The number of hydrogen-bond acceptors (Lipinski definition) is 9. The van der Waals surface area contributed by atoms with Gasteiger partial charge in [0.2, 0.25) is 0 Å². The van der Waals surface area contributed by atoms with Crippen LogP contribution in [0.1, 0.15) is 22.8 Å². The predicted octanol–water partition coefficient (Wildman–Crippen LogP) is 8.89. The Balaban J connectivity index is 1.06. The second kappa shape index (κ2) is 16.8. The van der Waals surface area contributed by atoms with Crippen molar-refractivity contribution in [3.8, 4) is 23.0 Å². The molecule has 4 aromatic carbocycles. The summed E-state index contributed by atoms with van der Waals surface area (Å²) in [7, 11) is 0. The van der Waals surface area contributed by atoms with Gasteiger partial charge in [0, 0.05) is 0 Å². The normalized spacial score (nSPS) is 11.3. The molecule has 0 aliphatic rings. The molecular weight excluding hydrogens is 804 g/mol. The number of rotatable bonds is 14. The summed E-state index contributed by atoms with van der Waals surface area (Å²) in [4.78, 5) is 19.3. The Hall–Kier alpha value is -5.05. The summed E-state index contributed by atoms with van der Waals surface area (Å²) in [5, 5.41) is 5.79. The first kappa shape index (κ1) is 36.9. The van der Waals surface area contributed by atoms with Crippen molar-refractivity contribution in [1.29, 1.82) is 0 Å². The molecule has 272 valence electrons. The molecule has 0 radical (unpaired) electrons. The van der Waals surface area contributed by atoms with Crippen LogP contribution in [0.4, 0.5) is 0 Å². The van der Waals surface area contributed by atoms with E-state index in [4.69, 9.17) is 41.2 Å². The zero-order valence-electron chi connectivity index (χ0n) is 31.4. The van der Waals surface area contributed by atoms with Gasteiger partial charge in [-0.25, -0.2) is 0 Å². The molecule has 0 N–H and O–H groups in total. The Morgan fingerprint density at radius 3 is 1.02 bits per heavy atom. The molecule has 0 saturated heterocycles. The Bertz CT molecular complexity index is 2460. The molecule has 0 atom stereocenters. The van der Waals surface area contributed by atoms with Crippen LogP contribution in [-0.4, -0.2) is 73.7 Å². The minimum atomic E-state index is -2.88. The first-order valence-corrected chi connectivity index (χ1v) is 27.3. The third-order valence-electron chi connectivity index (χ3n) is 9.33. The van der Waals surface area contributed by atoms with Crippen molar-refractivity contribution in [2.45, 2.75) is 27.7 Å². The molecule has 0 aliphatic heterocycles. The van der Waals surface area contributed by atoms with Crippen molar-refractivity contribution in [2.24, 2.45) is 0 Å². The van der Waals surface area contributed by atoms with Gasteiger partial charge in [-0.15, -0.1) is 0 Å². The van der Waals surface area contributed by atoms with E-state index in [0.29, 0.717) is 20.6 Å². The van der Waals surface area contributed by atoms with Crippen molar-refractivity contribution in [1.82, 2.24) is 19.9 Å². The summed E-state index contributed by atoms with van der Waals surface area (Å²) < 4.78 is 33.5. The van der Waals surface area contributed by atoms with Gasteiger partial charge in [0.25, 0.3) is 0 Å². The van der Waals surface area contributed by atoms with Crippen LogP contribution in [0.3, 0.4) is 0 Å². The predicted molar refractivity (Wildman–Crippen MR) is 220 cm³/mol. The van der Waals surface area contributed by atoms with Crippen molar-refractivity contribution < 1.29 is 21.3 Å². The number of para-hydroxylation sites is 4. The topological polar surface area (TPSA) is 97.7 Å². The third kappa shape index (κ3) is 8.77. The standard InChI is InChI=1S/2C11H10NO.2C10H9NO.C2H4O.2Ga/c2*1-8-6-7-9-4-3-5-10(13-2)11(9)12-8;2*1-7-5-6-8-3-2-4-9(12)10(8)11-7;1-3-2;;/h2*3-7H,2H2,1H3;2*2-6,12H,1H3;1-2H2;;/q;;;;;2*+1/p-2. The molecule has 0 aliphatic carbocycles. The van der Waals surface area contributed by atoms with Crippen molar-refractivity contribution in [3.05, 3.63) is 144 Å². The Morgan fingerprint density at radius 2 is 0.673 bits per heavy atom. The van der Waals surface area contributed by atoms with Crippen LogP contribution in [0.2, 0.25) is 0 Å². The van der Waals surface area contributed by atoms with Crippen LogP contribution in [0.25, 0.3) is 43.6 Å². The first-order valence-electron chi connectivity index (χ1n) is 18.5. The molecular formula is C44H40Ga2N4O5.